The van der Waals surface area contributed by atoms with E-state index in [0.717, 1.165) is 24.3 Å². The minimum Gasteiger partial charge on any atom is -0.405 e. The highest BCUT2D eigenvalue weighted by Gasteiger charge is 2.48. The molecule has 1 amide bonds. The van der Waals surface area contributed by atoms with Gasteiger partial charge in [-0.2, -0.15) is 13.2 Å². The van der Waals surface area contributed by atoms with Gasteiger partial charge in [-0.1, -0.05) is 25.5 Å². The fourth-order valence-corrected chi connectivity index (χ4v) is 6.34. The molecular weight excluding hydrogens is 536 g/mol. The Bertz CT molecular complexity index is 1270. The maximum Gasteiger partial charge on any atom is 0.573 e. The Kier molecular flexibility index (Phi) is 8.45. The van der Waals surface area contributed by atoms with Crippen molar-refractivity contribution in [2.24, 2.45) is 11.8 Å². The lowest BCUT2D eigenvalue weighted by atomic mass is 9.69. The van der Waals surface area contributed by atoms with Crippen molar-refractivity contribution < 1.29 is 44.3 Å². The lowest BCUT2D eigenvalue weighted by molar-refractivity contribution is -0.274. The number of carbonyl (C=O) groups excluding carboxylic acids is 1. The van der Waals surface area contributed by atoms with E-state index in [-0.39, 0.29) is 23.9 Å². The van der Waals surface area contributed by atoms with Crippen molar-refractivity contribution in [1.29, 1.82) is 0 Å². The molecule has 2 aromatic carbocycles. The largest absolute Gasteiger partial charge is 0.573 e. The molecule has 5 nitrogen and oxygen atoms in total. The van der Waals surface area contributed by atoms with E-state index in [2.05, 4.69) is 10.1 Å². The van der Waals surface area contributed by atoms with Crippen LogP contribution >= 0.6 is 0 Å². The Balaban J connectivity index is 1.63. The molecule has 0 radical (unpaired) electrons. The van der Waals surface area contributed by atoms with Crippen molar-refractivity contribution in [2.75, 3.05) is 6.54 Å². The molecule has 12 heteroatoms. The van der Waals surface area contributed by atoms with Gasteiger partial charge in [-0.15, -0.1) is 13.2 Å². The number of benzene rings is 2. The van der Waals surface area contributed by atoms with Crippen LogP contribution in [-0.2, 0) is 22.4 Å². The van der Waals surface area contributed by atoms with Crippen LogP contribution in [0.2, 0.25) is 0 Å². The standard InChI is InChI=1S/C26H29F6NO4S/c1-4-6-17-9-10-18(13-22(17)37-26(30,31)32)23(34)33-15-16-11-20(12-16)24(2,3)38(35,36)21-8-5-7-19(14-21)25(27,28)29/h5,7-10,13-14,16,20H,4,6,11-12,15H2,1-3H3,(H,33,34). The Labute approximate surface area is 217 Å². The second kappa shape index (κ2) is 10.8. The van der Waals surface area contributed by atoms with Crippen LogP contribution in [0.5, 0.6) is 5.75 Å². The predicted molar refractivity (Wildman–Crippen MR) is 128 cm³/mol. The number of ether oxygens (including phenoxy) is 1. The monoisotopic (exact) mass is 565 g/mol. The summed E-state index contributed by atoms with van der Waals surface area (Å²) in [6, 6.07) is 7.52. The van der Waals surface area contributed by atoms with Gasteiger partial charge < -0.3 is 10.1 Å². The Morgan fingerprint density at radius 2 is 1.68 bits per heavy atom. The summed E-state index contributed by atoms with van der Waals surface area (Å²) in [6.07, 6.45) is -7.84. The van der Waals surface area contributed by atoms with Crippen LogP contribution in [0.4, 0.5) is 26.3 Å². The summed E-state index contributed by atoms with van der Waals surface area (Å²) >= 11 is 0. The summed E-state index contributed by atoms with van der Waals surface area (Å²) in [4.78, 5) is 12.2. The highest BCUT2D eigenvalue weighted by atomic mass is 32.2. The fraction of sp³-hybridized carbons (Fsp3) is 0.500. The van der Waals surface area contributed by atoms with E-state index in [9.17, 15) is 39.6 Å². The zero-order chi connectivity index (χ0) is 28.5. The van der Waals surface area contributed by atoms with Crippen LogP contribution in [0, 0.1) is 11.8 Å². The molecule has 0 saturated heterocycles. The summed E-state index contributed by atoms with van der Waals surface area (Å²) in [5, 5.41) is 2.66. The first kappa shape index (κ1) is 29.8. The van der Waals surface area contributed by atoms with Crippen LogP contribution in [-0.4, -0.2) is 32.0 Å². The van der Waals surface area contributed by atoms with Gasteiger partial charge in [0.15, 0.2) is 9.84 Å². The van der Waals surface area contributed by atoms with Crippen molar-refractivity contribution >= 4 is 15.7 Å². The van der Waals surface area contributed by atoms with Crippen molar-refractivity contribution in [3.05, 3.63) is 59.2 Å². The molecule has 1 saturated carbocycles. The first-order valence-corrected chi connectivity index (χ1v) is 13.5. The molecule has 1 aliphatic carbocycles. The molecule has 1 aliphatic rings. The SMILES string of the molecule is CCCc1ccc(C(=O)NCC2CC(C(C)(C)S(=O)(=O)c3cccc(C(F)(F)F)c3)C2)cc1OC(F)(F)F. The molecule has 1 N–H and O–H groups in total. The summed E-state index contributed by atoms with van der Waals surface area (Å²) in [7, 11) is -4.10. The molecule has 1 fully saturated rings. The smallest absolute Gasteiger partial charge is 0.405 e. The van der Waals surface area contributed by atoms with Gasteiger partial charge in [0, 0.05) is 12.1 Å². The third kappa shape index (κ3) is 6.62. The van der Waals surface area contributed by atoms with E-state index in [1.54, 1.807) is 6.92 Å². The minimum atomic E-state index is -4.90. The quantitative estimate of drug-likeness (QED) is 0.350. The summed E-state index contributed by atoms with van der Waals surface area (Å²) < 4.78 is 107. The first-order valence-electron chi connectivity index (χ1n) is 12.0. The van der Waals surface area contributed by atoms with Gasteiger partial charge in [0.2, 0.25) is 0 Å². The first-order chi connectivity index (χ1) is 17.5. The number of alkyl halides is 6. The average Bonchev–Trinajstić information content (AvgIpc) is 2.77. The van der Waals surface area contributed by atoms with Crippen molar-refractivity contribution in [3.63, 3.8) is 0 Å². The lowest BCUT2D eigenvalue weighted by Gasteiger charge is -2.44. The second-order valence-electron chi connectivity index (χ2n) is 10.00. The molecule has 210 valence electrons. The summed E-state index contributed by atoms with van der Waals surface area (Å²) in [5.41, 5.74) is -0.727. The Morgan fingerprint density at radius 1 is 1.03 bits per heavy atom. The number of hydrogen-bond donors (Lipinski definition) is 1. The average molecular weight is 566 g/mol. The fourth-order valence-electron chi connectivity index (χ4n) is 4.56. The van der Waals surface area contributed by atoms with Gasteiger partial charge in [0.1, 0.15) is 5.75 Å². The summed E-state index contributed by atoms with van der Waals surface area (Å²) in [5.74, 6) is -1.48. The van der Waals surface area contributed by atoms with E-state index < -0.39 is 49.2 Å². The molecule has 0 unspecified atom stereocenters. The molecule has 3 rings (SSSR count). The van der Waals surface area contributed by atoms with E-state index in [1.165, 1.54) is 26.0 Å². The normalized spacial score (nSPS) is 18.6. The highest BCUT2D eigenvalue weighted by Crippen LogP contribution is 2.46. The maximum atomic E-state index is 13.2. The molecule has 0 bridgehead atoms. The number of hydrogen-bond acceptors (Lipinski definition) is 4. The van der Waals surface area contributed by atoms with Gasteiger partial charge in [0.05, 0.1) is 15.2 Å². The zero-order valence-corrected chi connectivity index (χ0v) is 21.9. The van der Waals surface area contributed by atoms with E-state index in [1.807, 2.05) is 0 Å². The zero-order valence-electron chi connectivity index (χ0n) is 21.0. The van der Waals surface area contributed by atoms with Crippen molar-refractivity contribution in [1.82, 2.24) is 5.32 Å². The molecule has 2 aromatic rings. The number of nitrogens with one attached hydrogen (secondary N) is 1. The number of rotatable bonds is 9. The third-order valence-electron chi connectivity index (χ3n) is 7.01. The maximum absolute atomic E-state index is 13.2. The van der Waals surface area contributed by atoms with Gasteiger partial charge in [-0.25, -0.2) is 8.42 Å². The van der Waals surface area contributed by atoms with Crippen LogP contribution in [0.25, 0.3) is 0 Å². The summed E-state index contributed by atoms with van der Waals surface area (Å²) in [6.45, 7) is 4.92. The topological polar surface area (TPSA) is 72.5 Å². The molecule has 0 spiro atoms. The van der Waals surface area contributed by atoms with E-state index in [0.29, 0.717) is 37.3 Å². The number of sulfone groups is 1. The molecule has 0 atom stereocenters. The second-order valence-corrected chi connectivity index (χ2v) is 12.5. The number of aryl methyl sites for hydroxylation is 1. The van der Waals surface area contributed by atoms with E-state index >= 15 is 0 Å². The highest BCUT2D eigenvalue weighted by molar-refractivity contribution is 7.92. The number of halogens is 6. The van der Waals surface area contributed by atoms with Gasteiger partial charge in [-0.05, 0) is 80.8 Å². The van der Waals surface area contributed by atoms with Crippen LogP contribution in [0.1, 0.15) is 61.5 Å². The molecule has 38 heavy (non-hydrogen) atoms. The molecule has 0 heterocycles. The van der Waals surface area contributed by atoms with Crippen molar-refractivity contribution in [2.45, 2.75) is 68.6 Å². The molecule has 0 aliphatic heterocycles. The predicted octanol–water partition coefficient (Wildman–Crippen LogP) is 6.57. The van der Waals surface area contributed by atoms with Gasteiger partial charge >= 0.3 is 12.5 Å². The number of amides is 1. The van der Waals surface area contributed by atoms with Crippen LogP contribution < -0.4 is 10.1 Å². The number of carbonyl (C=O) groups is 1. The molecule has 0 aromatic heterocycles. The Morgan fingerprint density at radius 3 is 2.26 bits per heavy atom. The Hall–Kier alpha value is -2.76. The van der Waals surface area contributed by atoms with Crippen LogP contribution in [0.3, 0.4) is 0 Å². The van der Waals surface area contributed by atoms with Crippen molar-refractivity contribution in [3.8, 4) is 5.75 Å². The third-order valence-corrected chi connectivity index (χ3v) is 9.60. The van der Waals surface area contributed by atoms with Gasteiger partial charge in [-0.3, -0.25) is 4.79 Å². The van der Waals surface area contributed by atoms with Crippen LogP contribution in [0.15, 0.2) is 47.4 Å². The minimum absolute atomic E-state index is 0.00701. The van der Waals surface area contributed by atoms with Gasteiger partial charge in [0.25, 0.3) is 5.91 Å². The van der Waals surface area contributed by atoms with E-state index in [4.69, 9.17) is 0 Å². The lowest BCUT2D eigenvalue weighted by Crippen LogP contribution is -2.48. The molecular formula is C26H29F6NO4S.